The summed E-state index contributed by atoms with van der Waals surface area (Å²) < 4.78 is 0. The number of amides is 1. The molecule has 86 valence electrons. The third-order valence-corrected chi connectivity index (χ3v) is 2.31. The van der Waals surface area contributed by atoms with E-state index in [2.05, 4.69) is 24.9 Å². The van der Waals surface area contributed by atoms with E-state index in [1.54, 1.807) is 13.4 Å². The lowest BCUT2D eigenvalue weighted by atomic mass is 10.0. The molecule has 1 amide bonds. The molecule has 3 heteroatoms. The minimum Gasteiger partial charge on any atom is -0.307 e. The van der Waals surface area contributed by atoms with E-state index in [1.165, 1.54) is 11.8 Å². The highest BCUT2D eigenvalue weighted by atomic mass is 16.2. The van der Waals surface area contributed by atoms with Crippen LogP contribution in [-0.4, -0.2) is 30.2 Å². The van der Waals surface area contributed by atoms with Crippen LogP contribution in [0.1, 0.15) is 34.1 Å². The van der Waals surface area contributed by atoms with Crippen molar-refractivity contribution < 1.29 is 4.79 Å². The molecule has 0 aromatic heterocycles. The maximum Gasteiger partial charge on any atom is 0.224 e. The van der Waals surface area contributed by atoms with Crippen LogP contribution in [0, 0.1) is 5.92 Å². The van der Waals surface area contributed by atoms with Gasteiger partial charge in [-0.05, 0) is 19.3 Å². The zero-order chi connectivity index (χ0) is 11.8. The molecule has 0 aliphatic carbocycles. The van der Waals surface area contributed by atoms with Crippen LogP contribution in [-0.2, 0) is 4.79 Å². The Bertz CT molecular complexity index is 244. The van der Waals surface area contributed by atoms with Gasteiger partial charge >= 0.3 is 0 Å². The lowest BCUT2D eigenvalue weighted by molar-refractivity contribution is -0.123. The molecule has 3 nitrogen and oxygen atoms in total. The minimum atomic E-state index is 0.00675. The Balaban J connectivity index is 4.33. The van der Waals surface area contributed by atoms with Gasteiger partial charge in [-0.3, -0.25) is 9.79 Å². The summed E-state index contributed by atoms with van der Waals surface area (Å²) in [4.78, 5) is 16.9. The second-order valence-electron chi connectivity index (χ2n) is 4.01. The molecule has 1 atom stereocenters. The molecular weight excluding hydrogens is 188 g/mol. The van der Waals surface area contributed by atoms with Crippen molar-refractivity contribution in [2.24, 2.45) is 10.9 Å². The maximum atomic E-state index is 11.0. The number of hydrogen-bond donors (Lipinski definition) is 0. The monoisotopic (exact) mass is 210 g/mol. The summed E-state index contributed by atoms with van der Waals surface area (Å²) in [5, 5.41) is 0. The van der Waals surface area contributed by atoms with Crippen molar-refractivity contribution in [3.05, 3.63) is 12.2 Å². The van der Waals surface area contributed by atoms with Gasteiger partial charge in [0.15, 0.2) is 0 Å². The molecule has 0 rings (SSSR count). The standard InChI is InChI=1S/C12H22N2O/c1-6-7-8-12(10(2)3)13-9-14(5)11(4)15/h6-7,9-10,12H,8H2,1-5H3/b7-6-,13-9?. The van der Waals surface area contributed by atoms with Gasteiger partial charge in [-0.25, -0.2) is 0 Å². The first-order chi connectivity index (χ1) is 6.99. The van der Waals surface area contributed by atoms with E-state index in [0.717, 1.165) is 6.42 Å². The molecule has 0 aromatic carbocycles. The van der Waals surface area contributed by atoms with E-state index in [0.29, 0.717) is 5.92 Å². The van der Waals surface area contributed by atoms with Gasteiger partial charge in [-0.2, -0.15) is 0 Å². The fourth-order valence-corrected chi connectivity index (χ4v) is 1.05. The summed E-state index contributed by atoms with van der Waals surface area (Å²) >= 11 is 0. The molecule has 0 fully saturated rings. The Morgan fingerprint density at radius 2 is 2.07 bits per heavy atom. The Kier molecular flexibility index (Phi) is 6.67. The zero-order valence-corrected chi connectivity index (χ0v) is 10.4. The Hall–Kier alpha value is -1.12. The number of nitrogens with zero attached hydrogens (tertiary/aromatic N) is 2. The summed E-state index contributed by atoms with van der Waals surface area (Å²) in [6, 6.07) is 0.253. The molecule has 0 N–H and O–H groups in total. The van der Waals surface area contributed by atoms with E-state index in [1.807, 2.05) is 13.0 Å². The summed E-state index contributed by atoms with van der Waals surface area (Å²) in [6.45, 7) is 7.81. The second-order valence-corrected chi connectivity index (χ2v) is 4.01. The number of rotatable bonds is 5. The predicted molar refractivity (Wildman–Crippen MR) is 65.0 cm³/mol. The van der Waals surface area contributed by atoms with Gasteiger partial charge in [0.2, 0.25) is 5.91 Å². The van der Waals surface area contributed by atoms with Gasteiger partial charge in [-0.1, -0.05) is 26.0 Å². The van der Waals surface area contributed by atoms with Crippen LogP contribution in [0.4, 0.5) is 0 Å². The average molecular weight is 210 g/mol. The van der Waals surface area contributed by atoms with Gasteiger partial charge < -0.3 is 4.90 Å². The Morgan fingerprint density at radius 3 is 2.47 bits per heavy atom. The van der Waals surface area contributed by atoms with Crippen molar-refractivity contribution in [1.29, 1.82) is 0 Å². The number of hydrogen-bond acceptors (Lipinski definition) is 2. The van der Waals surface area contributed by atoms with Gasteiger partial charge in [-0.15, -0.1) is 0 Å². The van der Waals surface area contributed by atoms with E-state index < -0.39 is 0 Å². The van der Waals surface area contributed by atoms with Crippen molar-refractivity contribution in [3.8, 4) is 0 Å². The third kappa shape index (κ3) is 6.05. The molecule has 0 aliphatic rings. The van der Waals surface area contributed by atoms with Crippen molar-refractivity contribution in [3.63, 3.8) is 0 Å². The van der Waals surface area contributed by atoms with Crippen LogP contribution in [0.2, 0.25) is 0 Å². The molecule has 0 heterocycles. The number of aliphatic imine (C=N–C) groups is 1. The Morgan fingerprint density at radius 1 is 1.47 bits per heavy atom. The fourth-order valence-electron chi connectivity index (χ4n) is 1.05. The summed E-state index contributed by atoms with van der Waals surface area (Å²) in [5.41, 5.74) is 0. The lowest BCUT2D eigenvalue weighted by Gasteiger charge is -2.16. The largest absolute Gasteiger partial charge is 0.307 e. The first-order valence-electron chi connectivity index (χ1n) is 5.36. The molecule has 0 aliphatic heterocycles. The molecule has 0 aromatic rings. The number of carbonyl (C=O) groups is 1. The van der Waals surface area contributed by atoms with Gasteiger partial charge in [0.05, 0.1) is 12.4 Å². The van der Waals surface area contributed by atoms with Crippen molar-refractivity contribution >= 4 is 12.2 Å². The number of carbonyl (C=O) groups excluding carboxylic acids is 1. The normalized spacial score (nSPS) is 14.0. The van der Waals surface area contributed by atoms with E-state index >= 15 is 0 Å². The van der Waals surface area contributed by atoms with Crippen LogP contribution >= 0.6 is 0 Å². The van der Waals surface area contributed by atoms with Crippen molar-refractivity contribution in [1.82, 2.24) is 4.90 Å². The van der Waals surface area contributed by atoms with Crippen LogP contribution in [0.5, 0.6) is 0 Å². The van der Waals surface area contributed by atoms with Gasteiger partial charge in [0.25, 0.3) is 0 Å². The summed E-state index contributed by atoms with van der Waals surface area (Å²) in [5.74, 6) is 0.491. The summed E-state index contributed by atoms with van der Waals surface area (Å²) in [6.07, 6.45) is 6.68. The summed E-state index contributed by atoms with van der Waals surface area (Å²) in [7, 11) is 1.72. The van der Waals surface area contributed by atoms with Crippen LogP contribution in [0.3, 0.4) is 0 Å². The van der Waals surface area contributed by atoms with E-state index in [9.17, 15) is 4.79 Å². The molecule has 0 spiro atoms. The van der Waals surface area contributed by atoms with E-state index in [-0.39, 0.29) is 11.9 Å². The second kappa shape index (κ2) is 7.21. The molecule has 1 unspecified atom stereocenters. The smallest absolute Gasteiger partial charge is 0.224 e. The molecule has 0 saturated heterocycles. The fraction of sp³-hybridized carbons (Fsp3) is 0.667. The Labute approximate surface area is 92.9 Å². The van der Waals surface area contributed by atoms with Gasteiger partial charge in [0, 0.05) is 14.0 Å². The topological polar surface area (TPSA) is 32.7 Å². The maximum absolute atomic E-state index is 11.0. The molecule has 0 bridgehead atoms. The van der Waals surface area contributed by atoms with E-state index in [4.69, 9.17) is 0 Å². The quantitative estimate of drug-likeness (QED) is 0.390. The highest BCUT2D eigenvalue weighted by molar-refractivity contribution is 5.85. The molecular formula is C12H22N2O. The zero-order valence-electron chi connectivity index (χ0n) is 10.4. The average Bonchev–Trinajstić information content (AvgIpc) is 2.16. The first kappa shape index (κ1) is 13.9. The lowest BCUT2D eigenvalue weighted by Crippen LogP contribution is -2.24. The SMILES string of the molecule is C/C=C\CC(N=CN(C)C(C)=O)C(C)C. The minimum absolute atomic E-state index is 0.00675. The highest BCUT2D eigenvalue weighted by Gasteiger charge is 2.09. The van der Waals surface area contributed by atoms with Crippen LogP contribution in [0.15, 0.2) is 17.1 Å². The molecule has 0 radical (unpaired) electrons. The van der Waals surface area contributed by atoms with Crippen LogP contribution < -0.4 is 0 Å². The van der Waals surface area contributed by atoms with Crippen molar-refractivity contribution in [2.75, 3.05) is 7.05 Å². The first-order valence-corrected chi connectivity index (χ1v) is 5.36. The number of allylic oxidation sites excluding steroid dienone is 1. The van der Waals surface area contributed by atoms with Crippen molar-refractivity contribution in [2.45, 2.75) is 40.2 Å². The molecule has 15 heavy (non-hydrogen) atoms. The van der Waals surface area contributed by atoms with Gasteiger partial charge in [0.1, 0.15) is 0 Å². The highest BCUT2D eigenvalue weighted by Crippen LogP contribution is 2.10. The third-order valence-electron chi connectivity index (χ3n) is 2.31. The van der Waals surface area contributed by atoms with Crippen LogP contribution in [0.25, 0.3) is 0 Å². The predicted octanol–water partition coefficient (Wildman–Crippen LogP) is 2.48. The molecule has 0 saturated carbocycles.